The summed E-state index contributed by atoms with van der Waals surface area (Å²) in [5.41, 5.74) is 1.22. The molecule has 0 aliphatic rings. The number of hydrogen-bond acceptors (Lipinski definition) is 0. The average Bonchev–Trinajstić information content (AvgIpc) is 1.86. The Morgan fingerprint density at radius 2 is 2.29 bits per heavy atom. The van der Waals surface area contributed by atoms with E-state index in [2.05, 4.69) is 4.98 Å². The molecular weight excluding hydrogens is 136 g/mol. The molecule has 0 aromatic carbocycles. The summed E-state index contributed by atoms with van der Waals surface area (Å²) < 4.78 is 0. The van der Waals surface area contributed by atoms with Crippen LogP contribution in [0, 0.1) is 0 Å². The van der Waals surface area contributed by atoms with Gasteiger partial charge in [0.15, 0.2) is 7.85 Å². The van der Waals surface area contributed by atoms with Crippen molar-refractivity contribution in [1.29, 1.82) is 0 Å². The normalized spacial score (nSPS) is 7.43. The van der Waals surface area contributed by atoms with Crippen molar-refractivity contribution in [3.8, 4) is 0 Å². The van der Waals surface area contributed by atoms with Gasteiger partial charge in [-0.2, -0.15) is 0 Å². The van der Waals surface area contributed by atoms with Crippen molar-refractivity contribution in [3.05, 3.63) is 18.3 Å². The number of aromatic nitrogens is 1. The van der Waals surface area contributed by atoms with E-state index in [1.165, 1.54) is 5.59 Å². The number of rotatable bonds is 0. The number of aromatic amines is 1. The van der Waals surface area contributed by atoms with Gasteiger partial charge in [-0.3, -0.25) is 0 Å². The SMILES string of the molecule is Bc1ccc[nH]1.[Cu]. The predicted octanol–water partition coefficient (Wildman–Crippen LogP) is -0.729. The summed E-state index contributed by atoms with van der Waals surface area (Å²) in [7, 11) is 2.03. The van der Waals surface area contributed by atoms with E-state index in [4.69, 9.17) is 0 Å². The Balaban J connectivity index is 0.000000360. The van der Waals surface area contributed by atoms with Crippen LogP contribution in [-0.4, -0.2) is 12.8 Å². The fraction of sp³-hybridized carbons (Fsp3) is 0. The molecule has 3 heteroatoms. The van der Waals surface area contributed by atoms with Crippen molar-refractivity contribution in [3.63, 3.8) is 0 Å². The summed E-state index contributed by atoms with van der Waals surface area (Å²) in [6.45, 7) is 0. The third-order valence-electron chi connectivity index (χ3n) is 0.753. The molecule has 0 saturated heterocycles. The zero-order valence-corrected chi connectivity index (χ0v) is 4.98. The molecule has 0 amide bonds. The molecular formula is C4H6BCuN. The second-order valence-corrected chi connectivity index (χ2v) is 1.35. The topological polar surface area (TPSA) is 15.8 Å². The monoisotopic (exact) mass is 142 g/mol. The average molecular weight is 142 g/mol. The van der Waals surface area contributed by atoms with E-state index in [0.29, 0.717) is 0 Å². The molecule has 0 saturated carbocycles. The minimum absolute atomic E-state index is 0. The molecule has 0 fully saturated rings. The smallest absolute Gasteiger partial charge is 0.160 e. The second-order valence-electron chi connectivity index (χ2n) is 1.35. The molecule has 0 aliphatic carbocycles. The van der Waals surface area contributed by atoms with Gasteiger partial charge in [0.2, 0.25) is 0 Å². The zero-order chi connectivity index (χ0) is 4.41. The minimum atomic E-state index is 0. The Kier molecular flexibility index (Phi) is 2.89. The molecule has 41 valence electrons. The molecule has 1 aromatic rings. The quantitative estimate of drug-likeness (QED) is 0.460. The van der Waals surface area contributed by atoms with E-state index in [1.807, 2.05) is 26.2 Å². The molecule has 0 unspecified atom stereocenters. The molecule has 1 aromatic heterocycles. The maximum absolute atomic E-state index is 3.00. The molecule has 1 nitrogen and oxygen atoms in total. The first-order chi connectivity index (χ1) is 2.89. The first-order valence-corrected chi connectivity index (χ1v) is 1.99. The maximum Gasteiger partial charge on any atom is 0.160 e. The summed E-state index contributed by atoms with van der Waals surface area (Å²) in [6.07, 6.45) is 1.91. The Morgan fingerprint density at radius 3 is 2.43 bits per heavy atom. The largest absolute Gasteiger partial charge is 0.374 e. The van der Waals surface area contributed by atoms with Gasteiger partial charge in [0.25, 0.3) is 0 Å². The van der Waals surface area contributed by atoms with Gasteiger partial charge in [0, 0.05) is 17.1 Å². The minimum Gasteiger partial charge on any atom is -0.374 e. The van der Waals surface area contributed by atoms with Crippen molar-refractivity contribution in [2.45, 2.75) is 0 Å². The molecule has 1 heterocycles. The van der Waals surface area contributed by atoms with Crippen LogP contribution in [0.15, 0.2) is 18.3 Å². The third kappa shape index (κ3) is 1.86. The van der Waals surface area contributed by atoms with Crippen molar-refractivity contribution in [1.82, 2.24) is 4.98 Å². The van der Waals surface area contributed by atoms with Crippen LogP contribution < -0.4 is 5.59 Å². The zero-order valence-electron chi connectivity index (χ0n) is 4.03. The number of H-pyrrole nitrogens is 1. The first kappa shape index (κ1) is 6.86. The van der Waals surface area contributed by atoms with Crippen molar-refractivity contribution in [2.24, 2.45) is 0 Å². The van der Waals surface area contributed by atoms with E-state index < -0.39 is 0 Å². The van der Waals surface area contributed by atoms with Crippen LogP contribution in [0.25, 0.3) is 0 Å². The van der Waals surface area contributed by atoms with Gasteiger partial charge < -0.3 is 4.98 Å². The third-order valence-corrected chi connectivity index (χ3v) is 0.753. The standard InChI is InChI=1S/C4H6BN.Cu/c5-4-2-1-3-6-4;/h1-3,6H,5H2;. The summed E-state index contributed by atoms with van der Waals surface area (Å²) in [5, 5.41) is 0. The number of nitrogens with one attached hydrogen (secondary N) is 1. The van der Waals surface area contributed by atoms with E-state index in [0.717, 1.165) is 0 Å². The second kappa shape index (κ2) is 2.94. The first-order valence-electron chi connectivity index (χ1n) is 1.99. The molecule has 0 spiro atoms. The Labute approximate surface area is 54.4 Å². The fourth-order valence-corrected chi connectivity index (χ4v) is 0.420. The van der Waals surface area contributed by atoms with Crippen LogP contribution in [0.1, 0.15) is 0 Å². The Bertz CT molecular complexity index is 115. The van der Waals surface area contributed by atoms with E-state index in [1.54, 1.807) is 0 Å². The Hall–Kier alpha value is -0.136. The fourth-order valence-electron chi connectivity index (χ4n) is 0.420. The summed E-state index contributed by atoms with van der Waals surface area (Å²) in [5.74, 6) is 0. The van der Waals surface area contributed by atoms with Gasteiger partial charge in [0.05, 0.1) is 0 Å². The van der Waals surface area contributed by atoms with E-state index >= 15 is 0 Å². The van der Waals surface area contributed by atoms with Crippen molar-refractivity contribution >= 4 is 13.4 Å². The summed E-state index contributed by atoms with van der Waals surface area (Å²) in [4.78, 5) is 3.00. The van der Waals surface area contributed by atoms with Gasteiger partial charge in [-0.05, 0) is 17.9 Å². The van der Waals surface area contributed by atoms with Gasteiger partial charge in [-0.1, -0.05) is 6.07 Å². The van der Waals surface area contributed by atoms with Crippen molar-refractivity contribution < 1.29 is 17.1 Å². The van der Waals surface area contributed by atoms with E-state index in [-0.39, 0.29) is 17.1 Å². The van der Waals surface area contributed by atoms with Crippen LogP contribution in [0.3, 0.4) is 0 Å². The van der Waals surface area contributed by atoms with Gasteiger partial charge in [-0.15, -0.1) is 0 Å². The van der Waals surface area contributed by atoms with Crippen LogP contribution >= 0.6 is 0 Å². The molecule has 1 radical (unpaired) electrons. The van der Waals surface area contributed by atoms with Crippen LogP contribution in [0.4, 0.5) is 0 Å². The van der Waals surface area contributed by atoms with Gasteiger partial charge in [-0.25, -0.2) is 0 Å². The van der Waals surface area contributed by atoms with Crippen molar-refractivity contribution in [2.75, 3.05) is 0 Å². The van der Waals surface area contributed by atoms with Gasteiger partial charge in [0.1, 0.15) is 0 Å². The summed E-state index contributed by atoms with van der Waals surface area (Å²) >= 11 is 0. The maximum atomic E-state index is 3.00. The van der Waals surface area contributed by atoms with E-state index in [9.17, 15) is 0 Å². The molecule has 0 aliphatic heterocycles. The molecule has 1 rings (SSSR count). The molecule has 7 heavy (non-hydrogen) atoms. The molecule has 0 bridgehead atoms. The molecule has 0 atom stereocenters. The Morgan fingerprint density at radius 1 is 1.57 bits per heavy atom. The summed E-state index contributed by atoms with van der Waals surface area (Å²) in [6, 6.07) is 4.01. The number of hydrogen-bond donors (Lipinski definition) is 1. The van der Waals surface area contributed by atoms with Crippen LogP contribution in [-0.2, 0) is 17.1 Å². The van der Waals surface area contributed by atoms with Crippen LogP contribution in [0.2, 0.25) is 0 Å². The van der Waals surface area contributed by atoms with Gasteiger partial charge >= 0.3 is 0 Å². The predicted molar refractivity (Wildman–Crippen MR) is 29.0 cm³/mol. The van der Waals surface area contributed by atoms with Crippen LogP contribution in [0.5, 0.6) is 0 Å². The molecule has 1 N–H and O–H groups in total.